The van der Waals surface area contributed by atoms with E-state index in [9.17, 15) is 0 Å². The lowest BCUT2D eigenvalue weighted by Crippen LogP contribution is -2.49. The van der Waals surface area contributed by atoms with Crippen LogP contribution in [0.15, 0.2) is 0 Å². The minimum Gasteiger partial charge on any atom is -0.316 e. The maximum atomic E-state index is 3.74. The van der Waals surface area contributed by atoms with Gasteiger partial charge < -0.3 is 10.2 Å². The lowest BCUT2D eigenvalue weighted by molar-refractivity contribution is 0.0505. The molecule has 2 heteroatoms. The third-order valence-corrected chi connectivity index (χ3v) is 6.24. The Morgan fingerprint density at radius 1 is 1.05 bits per heavy atom. The zero-order valence-electron chi connectivity index (χ0n) is 15.0. The van der Waals surface area contributed by atoms with Gasteiger partial charge in [0.15, 0.2) is 0 Å². The van der Waals surface area contributed by atoms with E-state index < -0.39 is 0 Å². The van der Waals surface area contributed by atoms with E-state index in [4.69, 9.17) is 0 Å². The SMILES string of the molecule is CCCNCC1(CN2CCC(C)C(C)C2)CCC(C)CC1. The fraction of sp³-hybridized carbons (Fsp3) is 1.00. The van der Waals surface area contributed by atoms with Gasteiger partial charge in [-0.3, -0.25) is 0 Å². The van der Waals surface area contributed by atoms with E-state index in [0.717, 1.165) is 17.8 Å². The molecule has 0 aromatic heterocycles. The molecule has 2 unspecified atom stereocenters. The summed E-state index contributed by atoms with van der Waals surface area (Å²) in [4.78, 5) is 2.79. The van der Waals surface area contributed by atoms with Gasteiger partial charge in [-0.25, -0.2) is 0 Å². The molecule has 0 radical (unpaired) electrons. The average molecular weight is 295 g/mol. The van der Waals surface area contributed by atoms with Gasteiger partial charge in [0, 0.05) is 19.6 Å². The van der Waals surface area contributed by atoms with Crippen LogP contribution in [0.2, 0.25) is 0 Å². The van der Waals surface area contributed by atoms with E-state index in [1.807, 2.05) is 0 Å². The zero-order valence-corrected chi connectivity index (χ0v) is 15.0. The lowest BCUT2D eigenvalue weighted by Gasteiger charge is -2.45. The molecule has 1 heterocycles. The predicted molar refractivity (Wildman–Crippen MR) is 92.6 cm³/mol. The molecular formula is C19H38N2. The van der Waals surface area contributed by atoms with Crippen molar-refractivity contribution in [1.29, 1.82) is 0 Å². The van der Waals surface area contributed by atoms with Gasteiger partial charge in [0.2, 0.25) is 0 Å². The second-order valence-electron chi connectivity index (χ2n) is 8.34. The summed E-state index contributed by atoms with van der Waals surface area (Å²) in [6.07, 6.45) is 8.40. The van der Waals surface area contributed by atoms with Gasteiger partial charge in [0.25, 0.3) is 0 Å². The molecule has 1 saturated heterocycles. The smallest absolute Gasteiger partial charge is 0.00503 e. The molecule has 2 atom stereocenters. The number of hydrogen-bond acceptors (Lipinski definition) is 2. The van der Waals surface area contributed by atoms with Gasteiger partial charge in [-0.1, -0.05) is 40.5 Å². The topological polar surface area (TPSA) is 15.3 Å². The van der Waals surface area contributed by atoms with Crippen LogP contribution in [0.1, 0.15) is 66.2 Å². The highest BCUT2D eigenvalue weighted by atomic mass is 15.1. The van der Waals surface area contributed by atoms with Crippen LogP contribution < -0.4 is 5.32 Å². The average Bonchev–Trinajstić information content (AvgIpc) is 2.47. The number of rotatable bonds is 6. The lowest BCUT2D eigenvalue weighted by atomic mass is 9.70. The Hall–Kier alpha value is -0.0800. The van der Waals surface area contributed by atoms with Crippen LogP contribution >= 0.6 is 0 Å². The first-order chi connectivity index (χ1) is 10.0. The molecule has 0 amide bonds. The normalized spacial score (nSPS) is 38.6. The molecule has 0 bridgehead atoms. The van der Waals surface area contributed by atoms with Crippen molar-refractivity contribution in [1.82, 2.24) is 10.2 Å². The molecule has 2 aliphatic rings. The maximum absolute atomic E-state index is 3.74. The van der Waals surface area contributed by atoms with Crippen molar-refractivity contribution in [2.24, 2.45) is 23.2 Å². The molecule has 124 valence electrons. The van der Waals surface area contributed by atoms with Crippen molar-refractivity contribution in [3.8, 4) is 0 Å². The molecule has 1 N–H and O–H groups in total. The predicted octanol–water partition coefficient (Wildman–Crippen LogP) is 4.16. The first kappa shape index (κ1) is 17.3. The van der Waals surface area contributed by atoms with Crippen molar-refractivity contribution >= 4 is 0 Å². The molecule has 0 spiro atoms. The molecule has 0 aromatic carbocycles. The molecular weight excluding hydrogens is 256 g/mol. The number of piperidine rings is 1. The Balaban J connectivity index is 1.92. The molecule has 1 saturated carbocycles. The van der Waals surface area contributed by atoms with E-state index in [0.29, 0.717) is 5.41 Å². The van der Waals surface area contributed by atoms with E-state index in [-0.39, 0.29) is 0 Å². The van der Waals surface area contributed by atoms with Crippen LogP contribution in [0.25, 0.3) is 0 Å². The maximum Gasteiger partial charge on any atom is 0.00503 e. The summed E-state index contributed by atoms with van der Waals surface area (Å²) in [5.74, 6) is 2.74. The first-order valence-corrected chi connectivity index (χ1v) is 9.48. The Kier molecular flexibility index (Phi) is 6.55. The molecule has 0 aromatic rings. The van der Waals surface area contributed by atoms with Gasteiger partial charge in [-0.05, 0) is 61.9 Å². The van der Waals surface area contributed by atoms with E-state index in [2.05, 4.69) is 37.9 Å². The summed E-state index contributed by atoms with van der Waals surface area (Å²) >= 11 is 0. The van der Waals surface area contributed by atoms with Crippen molar-refractivity contribution in [3.63, 3.8) is 0 Å². The van der Waals surface area contributed by atoms with Crippen molar-refractivity contribution in [3.05, 3.63) is 0 Å². The summed E-state index contributed by atoms with van der Waals surface area (Å²) in [5, 5.41) is 3.74. The molecule has 2 nitrogen and oxygen atoms in total. The molecule has 1 aliphatic carbocycles. The molecule has 2 fully saturated rings. The van der Waals surface area contributed by atoms with Gasteiger partial charge in [0.1, 0.15) is 0 Å². The van der Waals surface area contributed by atoms with Crippen LogP contribution in [0, 0.1) is 23.2 Å². The van der Waals surface area contributed by atoms with Gasteiger partial charge in [-0.2, -0.15) is 0 Å². The Morgan fingerprint density at radius 3 is 2.38 bits per heavy atom. The highest BCUT2D eigenvalue weighted by Crippen LogP contribution is 2.40. The van der Waals surface area contributed by atoms with E-state index in [1.54, 1.807) is 0 Å². The largest absolute Gasteiger partial charge is 0.316 e. The van der Waals surface area contributed by atoms with Crippen LogP contribution in [0.4, 0.5) is 0 Å². The monoisotopic (exact) mass is 294 g/mol. The summed E-state index contributed by atoms with van der Waals surface area (Å²) in [5.41, 5.74) is 0.558. The minimum absolute atomic E-state index is 0.558. The van der Waals surface area contributed by atoms with Crippen molar-refractivity contribution < 1.29 is 0 Å². The standard InChI is InChI=1S/C19H38N2/c1-5-11-20-14-19(9-6-16(2)7-10-19)15-21-12-8-17(3)18(4)13-21/h16-18,20H,5-15H2,1-4H3. The Bertz CT molecular complexity index is 294. The van der Waals surface area contributed by atoms with Gasteiger partial charge in [-0.15, -0.1) is 0 Å². The third-order valence-electron chi connectivity index (χ3n) is 6.24. The number of hydrogen-bond donors (Lipinski definition) is 1. The van der Waals surface area contributed by atoms with Crippen LogP contribution in [-0.2, 0) is 0 Å². The van der Waals surface area contributed by atoms with E-state index in [1.165, 1.54) is 71.2 Å². The van der Waals surface area contributed by atoms with Crippen LogP contribution in [0.5, 0.6) is 0 Å². The van der Waals surface area contributed by atoms with Crippen molar-refractivity contribution in [2.75, 3.05) is 32.7 Å². The van der Waals surface area contributed by atoms with Crippen LogP contribution in [0.3, 0.4) is 0 Å². The minimum atomic E-state index is 0.558. The summed E-state index contributed by atoms with van der Waals surface area (Å²) in [6, 6.07) is 0. The van der Waals surface area contributed by atoms with E-state index >= 15 is 0 Å². The highest BCUT2D eigenvalue weighted by Gasteiger charge is 2.36. The number of nitrogens with one attached hydrogen (secondary N) is 1. The summed E-state index contributed by atoms with van der Waals surface area (Å²) in [7, 11) is 0. The quantitative estimate of drug-likeness (QED) is 0.740. The molecule has 21 heavy (non-hydrogen) atoms. The fourth-order valence-electron chi connectivity index (χ4n) is 4.26. The second-order valence-corrected chi connectivity index (χ2v) is 8.34. The number of nitrogens with zero attached hydrogens (tertiary/aromatic N) is 1. The Labute approximate surface area is 133 Å². The second kappa shape index (κ2) is 7.97. The highest BCUT2D eigenvalue weighted by molar-refractivity contribution is 4.91. The van der Waals surface area contributed by atoms with Crippen molar-refractivity contribution in [2.45, 2.75) is 66.2 Å². The molecule has 2 rings (SSSR count). The number of likely N-dealkylation sites (tertiary alicyclic amines) is 1. The summed E-state index contributed by atoms with van der Waals surface area (Å²) < 4.78 is 0. The Morgan fingerprint density at radius 2 is 1.76 bits per heavy atom. The van der Waals surface area contributed by atoms with Gasteiger partial charge in [0.05, 0.1) is 0 Å². The molecule has 1 aliphatic heterocycles. The first-order valence-electron chi connectivity index (χ1n) is 9.48. The zero-order chi connectivity index (χ0) is 15.3. The van der Waals surface area contributed by atoms with Crippen LogP contribution in [-0.4, -0.2) is 37.6 Å². The third kappa shape index (κ3) is 4.96. The summed E-state index contributed by atoms with van der Waals surface area (Å²) in [6.45, 7) is 16.0. The fourth-order valence-corrected chi connectivity index (χ4v) is 4.26. The van der Waals surface area contributed by atoms with Gasteiger partial charge >= 0.3 is 0 Å².